The van der Waals surface area contributed by atoms with Crippen molar-refractivity contribution in [3.8, 4) is 5.75 Å². The second-order valence-electron chi connectivity index (χ2n) is 8.39. The highest BCUT2D eigenvalue weighted by Gasteiger charge is 2.24. The molecule has 0 bridgehead atoms. The number of para-hydroxylation sites is 1. The highest BCUT2D eigenvalue weighted by Crippen LogP contribution is 2.20. The van der Waals surface area contributed by atoms with Crippen molar-refractivity contribution in [3.63, 3.8) is 0 Å². The number of amides is 3. The molecule has 1 aliphatic heterocycles. The number of benzene rings is 1. The van der Waals surface area contributed by atoms with Gasteiger partial charge < -0.3 is 25.0 Å². The van der Waals surface area contributed by atoms with Crippen molar-refractivity contribution >= 4 is 17.9 Å². The summed E-state index contributed by atoms with van der Waals surface area (Å²) in [4.78, 5) is 38.0. The molecule has 8 heteroatoms. The van der Waals surface area contributed by atoms with Crippen LogP contribution in [0.3, 0.4) is 0 Å². The Morgan fingerprint density at radius 1 is 1.13 bits per heavy atom. The van der Waals surface area contributed by atoms with Gasteiger partial charge in [-0.1, -0.05) is 18.2 Å². The van der Waals surface area contributed by atoms with Crippen molar-refractivity contribution in [1.29, 1.82) is 0 Å². The molecule has 2 rings (SSSR count). The summed E-state index contributed by atoms with van der Waals surface area (Å²) in [5.41, 5.74) is 0.416. The SMILES string of the molecule is COc1ccccc1CCC(=O)N1CCC(NC(=O)CNC(=O)OC(C)(C)C)CC1. The predicted octanol–water partition coefficient (Wildman–Crippen LogP) is 2.26. The summed E-state index contributed by atoms with van der Waals surface area (Å²) >= 11 is 0. The molecule has 1 heterocycles. The van der Waals surface area contributed by atoms with E-state index in [4.69, 9.17) is 9.47 Å². The van der Waals surface area contributed by atoms with Gasteiger partial charge in [-0.2, -0.15) is 0 Å². The van der Waals surface area contributed by atoms with E-state index < -0.39 is 11.7 Å². The number of hydrogen-bond donors (Lipinski definition) is 2. The van der Waals surface area contributed by atoms with Gasteiger partial charge in [0.2, 0.25) is 11.8 Å². The number of piperidine rings is 1. The maximum Gasteiger partial charge on any atom is 0.408 e. The molecule has 0 atom stereocenters. The van der Waals surface area contributed by atoms with Crippen LogP contribution in [0.2, 0.25) is 0 Å². The number of rotatable bonds is 7. The van der Waals surface area contributed by atoms with Gasteiger partial charge in [-0.3, -0.25) is 9.59 Å². The third-order valence-corrected chi connectivity index (χ3v) is 4.81. The summed E-state index contributed by atoms with van der Waals surface area (Å²) in [6, 6.07) is 7.71. The summed E-state index contributed by atoms with van der Waals surface area (Å²) in [5.74, 6) is 0.644. The van der Waals surface area contributed by atoms with Gasteiger partial charge in [-0.25, -0.2) is 4.79 Å². The maximum absolute atomic E-state index is 12.5. The third kappa shape index (κ3) is 7.93. The molecule has 8 nitrogen and oxygen atoms in total. The van der Waals surface area contributed by atoms with Crippen LogP contribution in [0, 0.1) is 0 Å². The Kier molecular flexibility index (Phi) is 8.50. The van der Waals surface area contributed by atoms with E-state index in [1.807, 2.05) is 29.2 Å². The zero-order valence-electron chi connectivity index (χ0n) is 18.3. The fourth-order valence-electron chi connectivity index (χ4n) is 3.33. The van der Waals surface area contributed by atoms with Gasteiger partial charge in [0, 0.05) is 25.6 Å². The Labute approximate surface area is 178 Å². The van der Waals surface area contributed by atoms with E-state index in [0.717, 1.165) is 11.3 Å². The first-order chi connectivity index (χ1) is 14.2. The van der Waals surface area contributed by atoms with Gasteiger partial charge in [-0.15, -0.1) is 0 Å². The van der Waals surface area contributed by atoms with Crippen molar-refractivity contribution in [2.75, 3.05) is 26.7 Å². The number of carbonyl (C=O) groups excluding carboxylic acids is 3. The summed E-state index contributed by atoms with van der Waals surface area (Å²) in [5, 5.41) is 5.35. The van der Waals surface area contributed by atoms with Crippen LogP contribution in [0.15, 0.2) is 24.3 Å². The molecule has 3 amide bonds. The van der Waals surface area contributed by atoms with Crippen LogP contribution in [0.4, 0.5) is 4.79 Å². The Bertz CT molecular complexity index is 737. The molecule has 1 aromatic carbocycles. The molecule has 1 fully saturated rings. The summed E-state index contributed by atoms with van der Waals surface area (Å²) in [7, 11) is 1.63. The van der Waals surface area contributed by atoms with E-state index in [1.165, 1.54) is 0 Å². The number of likely N-dealkylation sites (tertiary alicyclic amines) is 1. The quantitative estimate of drug-likeness (QED) is 0.707. The topological polar surface area (TPSA) is 97.0 Å². The van der Waals surface area contributed by atoms with Crippen LogP contribution in [0.5, 0.6) is 5.75 Å². The first-order valence-electron chi connectivity index (χ1n) is 10.3. The first kappa shape index (κ1) is 23.5. The van der Waals surface area contributed by atoms with E-state index in [2.05, 4.69) is 10.6 Å². The normalized spacial score (nSPS) is 14.7. The van der Waals surface area contributed by atoms with Crippen molar-refractivity contribution in [1.82, 2.24) is 15.5 Å². The highest BCUT2D eigenvalue weighted by molar-refractivity contribution is 5.82. The Balaban J connectivity index is 1.68. The second kappa shape index (κ2) is 10.8. The molecule has 0 aliphatic carbocycles. The molecule has 1 aliphatic rings. The molecule has 0 saturated carbocycles. The van der Waals surface area contributed by atoms with E-state index in [9.17, 15) is 14.4 Å². The molecule has 1 saturated heterocycles. The van der Waals surface area contributed by atoms with Crippen LogP contribution < -0.4 is 15.4 Å². The van der Waals surface area contributed by atoms with Crippen LogP contribution in [0.25, 0.3) is 0 Å². The summed E-state index contributed by atoms with van der Waals surface area (Å²) < 4.78 is 10.4. The van der Waals surface area contributed by atoms with Crippen molar-refractivity contribution in [3.05, 3.63) is 29.8 Å². The lowest BCUT2D eigenvalue weighted by atomic mass is 10.0. The molecule has 0 spiro atoms. The number of nitrogens with zero attached hydrogens (tertiary/aromatic N) is 1. The van der Waals surface area contributed by atoms with Gasteiger partial charge in [0.25, 0.3) is 0 Å². The van der Waals surface area contributed by atoms with Gasteiger partial charge in [0.1, 0.15) is 17.9 Å². The molecule has 0 radical (unpaired) electrons. The third-order valence-electron chi connectivity index (χ3n) is 4.81. The smallest absolute Gasteiger partial charge is 0.408 e. The molecule has 1 aromatic rings. The average molecular weight is 420 g/mol. The van der Waals surface area contributed by atoms with Crippen LogP contribution in [0.1, 0.15) is 45.6 Å². The minimum atomic E-state index is -0.617. The lowest BCUT2D eigenvalue weighted by Crippen LogP contribution is -2.49. The molecular formula is C22H33N3O5. The van der Waals surface area contributed by atoms with E-state index in [0.29, 0.717) is 38.8 Å². The largest absolute Gasteiger partial charge is 0.496 e. The molecule has 166 valence electrons. The lowest BCUT2D eigenvalue weighted by Gasteiger charge is -2.32. The van der Waals surface area contributed by atoms with E-state index >= 15 is 0 Å². The fraction of sp³-hybridized carbons (Fsp3) is 0.591. The van der Waals surface area contributed by atoms with Gasteiger partial charge in [-0.05, 0) is 51.7 Å². The minimum absolute atomic E-state index is 0.00351. The number of ether oxygens (including phenoxy) is 2. The minimum Gasteiger partial charge on any atom is -0.496 e. The van der Waals surface area contributed by atoms with Crippen LogP contribution >= 0.6 is 0 Å². The molecule has 2 N–H and O–H groups in total. The predicted molar refractivity (Wildman–Crippen MR) is 113 cm³/mol. The first-order valence-corrected chi connectivity index (χ1v) is 10.3. The standard InChI is InChI=1S/C22H33N3O5/c1-22(2,3)30-21(28)23-15-19(26)24-17-11-13-25(14-12-17)20(27)10-9-16-7-5-6-8-18(16)29-4/h5-8,17H,9-15H2,1-4H3,(H,23,28)(H,24,26). The van der Waals surface area contributed by atoms with Crippen molar-refractivity contribution < 1.29 is 23.9 Å². The molecule has 0 aromatic heterocycles. The monoisotopic (exact) mass is 419 g/mol. The van der Waals surface area contributed by atoms with Gasteiger partial charge in [0.15, 0.2) is 0 Å². The lowest BCUT2D eigenvalue weighted by molar-refractivity contribution is -0.132. The van der Waals surface area contributed by atoms with Crippen molar-refractivity contribution in [2.24, 2.45) is 0 Å². The van der Waals surface area contributed by atoms with Crippen molar-refractivity contribution in [2.45, 2.75) is 58.1 Å². The van der Waals surface area contributed by atoms with Crippen LogP contribution in [-0.2, 0) is 20.7 Å². The number of aryl methyl sites for hydroxylation is 1. The average Bonchev–Trinajstić information content (AvgIpc) is 2.70. The zero-order valence-corrected chi connectivity index (χ0v) is 18.3. The Morgan fingerprint density at radius 3 is 2.43 bits per heavy atom. The number of methoxy groups -OCH3 is 1. The molecule has 30 heavy (non-hydrogen) atoms. The number of alkyl carbamates (subject to hydrolysis) is 1. The van der Waals surface area contributed by atoms with Gasteiger partial charge >= 0.3 is 6.09 Å². The molecular weight excluding hydrogens is 386 g/mol. The fourth-order valence-corrected chi connectivity index (χ4v) is 3.33. The number of carbonyl (C=O) groups is 3. The van der Waals surface area contributed by atoms with Gasteiger partial charge in [0.05, 0.1) is 7.11 Å². The van der Waals surface area contributed by atoms with E-state index in [-0.39, 0.29) is 24.4 Å². The number of hydrogen-bond acceptors (Lipinski definition) is 5. The Hall–Kier alpha value is -2.77. The number of nitrogens with one attached hydrogen (secondary N) is 2. The zero-order chi connectivity index (χ0) is 22.1. The molecule has 0 unspecified atom stereocenters. The summed E-state index contributed by atoms with van der Waals surface area (Å²) in [6.45, 7) is 6.37. The van der Waals surface area contributed by atoms with Crippen LogP contribution in [-0.4, -0.2) is 61.2 Å². The second-order valence-corrected chi connectivity index (χ2v) is 8.39. The summed E-state index contributed by atoms with van der Waals surface area (Å²) in [6.07, 6.45) is 1.83. The van der Waals surface area contributed by atoms with E-state index in [1.54, 1.807) is 27.9 Å². The maximum atomic E-state index is 12.5. The Morgan fingerprint density at radius 2 is 1.80 bits per heavy atom. The highest BCUT2D eigenvalue weighted by atomic mass is 16.6.